The lowest BCUT2D eigenvalue weighted by molar-refractivity contribution is -0.136. The summed E-state index contributed by atoms with van der Waals surface area (Å²) < 4.78 is 15.9. The lowest BCUT2D eigenvalue weighted by Gasteiger charge is -2.16. The van der Waals surface area contributed by atoms with Crippen LogP contribution in [0.5, 0.6) is 17.2 Å². The molecule has 0 unspecified atom stereocenters. The molecule has 2 amide bonds. The summed E-state index contributed by atoms with van der Waals surface area (Å²) in [6.07, 6.45) is 0.532. The van der Waals surface area contributed by atoms with Crippen LogP contribution < -0.4 is 19.5 Å². The minimum absolute atomic E-state index is 0.223. The molecule has 0 radical (unpaired) electrons. The van der Waals surface area contributed by atoms with Gasteiger partial charge in [0, 0.05) is 30.4 Å². The molecule has 0 aliphatic carbocycles. The maximum Gasteiger partial charge on any atom is 0.278 e. The van der Waals surface area contributed by atoms with Crippen LogP contribution in [0.3, 0.4) is 0 Å². The van der Waals surface area contributed by atoms with Crippen LogP contribution in [0.25, 0.3) is 5.57 Å². The van der Waals surface area contributed by atoms with E-state index in [0.29, 0.717) is 34.7 Å². The highest BCUT2D eigenvalue weighted by Crippen LogP contribution is 2.33. The van der Waals surface area contributed by atoms with Crippen LogP contribution in [-0.4, -0.2) is 44.6 Å². The molecule has 1 aliphatic heterocycles. The van der Waals surface area contributed by atoms with Crippen LogP contribution in [0, 0.1) is 0 Å². The van der Waals surface area contributed by atoms with Gasteiger partial charge >= 0.3 is 0 Å². The minimum atomic E-state index is -0.376. The first kappa shape index (κ1) is 22.9. The van der Waals surface area contributed by atoms with Gasteiger partial charge in [0.25, 0.3) is 11.8 Å². The zero-order valence-corrected chi connectivity index (χ0v) is 19.3. The number of hydrogen-bond acceptors (Lipinski definition) is 6. The van der Waals surface area contributed by atoms with E-state index in [4.69, 9.17) is 14.2 Å². The quantitative estimate of drug-likeness (QED) is 0.486. The fourth-order valence-corrected chi connectivity index (χ4v) is 3.82. The molecule has 0 fully saturated rings. The topological polar surface area (TPSA) is 77.1 Å². The van der Waals surface area contributed by atoms with E-state index in [-0.39, 0.29) is 24.1 Å². The molecule has 0 saturated carbocycles. The molecule has 1 N–H and O–H groups in total. The van der Waals surface area contributed by atoms with Crippen LogP contribution in [0.2, 0.25) is 0 Å². The van der Waals surface area contributed by atoms with Gasteiger partial charge in [-0.25, -0.2) is 0 Å². The van der Waals surface area contributed by atoms with Gasteiger partial charge in [0.15, 0.2) is 0 Å². The van der Waals surface area contributed by atoms with Crippen molar-refractivity contribution in [3.05, 3.63) is 89.6 Å². The maximum absolute atomic E-state index is 13.4. The largest absolute Gasteiger partial charge is 0.497 e. The van der Waals surface area contributed by atoms with Gasteiger partial charge in [-0.15, -0.1) is 0 Å². The predicted octanol–water partition coefficient (Wildman–Crippen LogP) is 4.15. The third-order valence-electron chi connectivity index (χ3n) is 5.63. The fourth-order valence-electron chi connectivity index (χ4n) is 3.82. The van der Waals surface area contributed by atoms with Crippen molar-refractivity contribution >= 4 is 23.1 Å². The van der Waals surface area contributed by atoms with Crippen LogP contribution in [0.1, 0.15) is 11.1 Å². The Bertz CT molecular complexity index is 1200. The molecule has 4 rings (SSSR count). The Morgan fingerprint density at radius 3 is 1.94 bits per heavy atom. The molecular weight excluding hydrogens is 432 g/mol. The van der Waals surface area contributed by atoms with Crippen LogP contribution in [-0.2, 0) is 16.0 Å². The highest BCUT2D eigenvalue weighted by Gasteiger charge is 2.39. The van der Waals surface area contributed by atoms with Gasteiger partial charge in [-0.2, -0.15) is 0 Å². The maximum atomic E-state index is 13.4. The van der Waals surface area contributed by atoms with Gasteiger partial charge in [0.05, 0.1) is 26.9 Å². The van der Waals surface area contributed by atoms with Crippen molar-refractivity contribution in [2.24, 2.45) is 0 Å². The van der Waals surface area contributed by atoms with E-state index in [0.717, 1.165) is 11.3 Å². The molecular formula is C27H26N2O5. The van der Waals surface area contributed by atoms with Crippen molar-refractivity contribution in [2.45, 2.75) is 6.42 Å². The Morgan fingerprint density at radius 2 is 1.35 bits per heavy atom. The third-order valence-corrected chi connectivity index (χ3v) is 5.63. The number of carbonyl (C=O) groups is 2. The Hall–Kier alpha value is -4.26. The Kier molecular flexibility index (Phi) is 6.82. The van der Waals surface area contributed by atoms with Gasteiger partial charge < -0.3 is 19.5 Å². The number of amides is 2. The summed E-state index contributed by atoms with van der Waals surface area (Å²) in [6.45, 7) is 0.257. The highest BCUT2D eigenvalue weighted by molar-refractivity contribution is 6.36. The number of imide groups is 1. The third kappa shape index (κ3) is 4.73. The predicted molar refractivity (Wildman–Crippen MR) is 130 cm³/mol. The van der Waals surface area contributed by atoms with E-state index >= 15 is 0 Å². The van der Waals surface area contributed by atoms with E-state index in [1.165, 1.54) is 4.90 Å². The summed E-state index contributed by atoms with van der Waals surface area (Å²) >= 11 is 0. The molecule has 1 aliphatic rings. The monoisotopic (exact) mass is 458 g/mol. The molecule has 7 heteroatoms. The number of methoxy groups -OCH3 is 3. The smallest absolute Gasteiger partial charge is 0.278 e. The first-order chi connectivity index (χ1) is 16.5. The van der Waals surface area contributed by atoms with Gasteiger partial charge in [0.2, 0.25) is 0 Å². The number of ether oxygens (including phenoxy) is 3. The zero-order valence-electron chi connectivity index (χ0n) is 19.3. The van der Waals surface area contributed by atoms with Crippen molar-refractivity contribution < 1.29 is 23.8 Å². The van der Waals surface area contributed by atoms with E-state index in [9.17, 15) is 9.59 Å². The zero-order chi connectivity index (χ0) is 24.1. The second-order valence-corrected chi connectivity index (χ2v) is 7.70. The Morgan fingerprint density at radius 1 is 0.735 bits per heavy atom. The summed E-state index contributed by atoms with van der Waals surface area (Å²) in [5, 5.41) is 3.15. The number of anilines is 1. The lowest BCUT2D eigenvalue weighted by atomic mass is 10.0. The highest BCUT2D eigenvalue weighted by atomic mass is 16.5. The first-order valence-corrected chi connectivity index (χ1v) is 10.8. The Balaban J connectivity index is 1.64. The first-order valence-electron chi connectivity index (χ1n) is 10.8. The van der Waals surface area contributed by atoms with Crippen LogP contribution >= 0.6 is 0 Å². The summed E-state index contributed by atoms with van der Waals surface area (Å²) in [5.74, 6) is 1.18. The molecule has 0 atom stereocenters. The van der Waals surface area contributed by atoms with Gasteiger partial charge in [-0.3, -0.25) is 14.5 Å². The van der Waals surface area contributed by atoms with Crippen molar-refractivity contribution in [3.8, 4) is 17.2 Å². The van der Waals surface area contributed by atoms with Crippen molar-refractivity contribution in [2.75, 3.05) is 33.2 Å². The van der Waals surface area contributed by atoms with Crippen molar-refractivity contribution in [1.29, 1.82) is 0 Å². The normalized spacial score (nSPS) is 13.3. The van der Waals surface area contributed by atoms with Gasteiger partial charge in [0.1, 0.15) is 22.9 Å². The standard InChI is InChI=1S/C27H26N2O5/c1-32-21-11-9-18(10-12-21)13-14-29-26(30)24(19-7-5-4-6-8-19)25(27(29)31)28-20-15-22(33-2)17-23(16-20)34-3/h4-12,15-17,28H,13-14H2,1-3H3. The number of nitrogens with one attached hydrogen (secondary N) is 1. The van der Waals surface area contributed by atoms with E-state index < -0.39 is 0 Å². The van der Waals surface area contributed by atoms with Crippen molar-refractivity contribution in [1.82, 2.24) is 4.90 Å². The number of hydrogen-bond donors (Lipinski definition) is 1. The van der Waals surface area contributed by atoms with E-state index in [2.05, 4.69) is 5.32 Å². The number of carbonyl (C=O) groups excluding carboxylic acids is 2. The molecule has 0 saturated heterocycles. The average molecular weight is 459 g/mol. The van der Waals surface area contributed by atoms with Gasteiger partial charge in [-0.1, -0.05) is 42.5 Å². The molecule has 0 spiro atoms. The molecule has 0 aromatic heterocycles. The van der Waals surface area contributed by atoms with E-state index in [1.807, 2.05) is 54.6 Å². The number of rotatable bonds is 9. The second-order valence-electron chi connectivity index (χ2n) is 7.70. The number of benzene rings is 3. The molecule has 3 aromatic rings. The molecule has 3 aromatic carbocycles. The van der Waals surface area contributed by atoms with Crippen LogP contribution in [0.4, 0.5) is 5.69 Å². The Labute approximate surface area is 198 Å². The minimum Gasteiger partial charge on any atom is -0.497 e. The summed E-state index contributed by atoms with van der Waals surface area (Å²) in [5.41, 5.74) is 2.81. The molecule has 174 valence electrons. The molecule has 34 heavy (non-hydrogen) atoms. The number of nitrogens with zero attached hydrogens (tertiary/aromatic N) is 1. The molecule has 7 nitrogen and oxygen atoms in total. The average Bonchev–Trinajstić information content (AvgIpc) is 3.11. The van der Waals surface area contributed by atoms with Crippen LogP contribution in [0.15, 0.2) is 78.5 Å². The fraction of sp³-hybridized carbons (Fsp3) is 0.185. The second kappa shape index (κ2) is 10.1. The lowest BCUT2D eigenvalue weighted by Crippen LogP contribution is -2.34. The van der Waals surface area contributed by atoms with Gasteiger partial charge in [-0.05, 0) is 29.7 Å². The van der Waals surface area contributed by atoms with Crippen molar-refractivity contribution in [3.63, 3.8) is 0 Å². The summed E-state index contributed by atoms with van der Waals surface area (Å²) in [6, 6.07) is 22.0. The summed E-state index contributed by atoms with van der Waals surface area (Å²) in [7, 11) is 4.72. The summed E-state index contributed by atoms with van der Waals surface area (Å²) in [4.78, 5) is 28.1. The SMILES string of the molecule is COc1ccc(CCN2C(=O)C(Nc3cc(OC)cc(OC)c3)=C(c3ccccc3)C2=O)cc1. The van der Waals surface area contributed by atoms with E-state index in [1.54, 1.807) is 39.5 Å². The molecule has 1 heterocycles. The molecule has 0 bridgehead atoms.